The van der Waals surface area contributed by atoms with Crippen molar-refractivity contribution in [1.82, 2.24) is 5.43 Å². The molecule has 0 spiro atoms. The molecule has 0 bridgehead atoms. The molecule has 0 saturated heterocycles. The number of alkyl halides is 4. The molecule has 1 heterocycles. The number of hydrogen-bond donors (Lipinski definition) is 2. The topological polar surface area (TPSA) is 24.1 Å². The fraction of sp³-hybridized carbons (Fsp3) is 0.400. The van der Waals surface area contributed by atoms with Gasteiger partial charge in [0.15, 0.2) is 0 Å². The van der Waals surface area contributed by atoms with Crippen LogP contribution in [0, 0.1) is 0 Å². The predicted molar refractivity (Wildman–Crippen MR) is 59.4 cm³/mol. The van der Waals surface area contributed by atoms with Crippen LogP contribution in [0.4, 0.5) is 18.9 Å². The number of rotatable bonds is 1. The molecule has 0 atom stereocenters. The minimum absolute atomic E-state index is 0.211. The van der Waals surface area contributed by atoms with Crippen molar-refractivity contribution in [3.05, 3.63) is 28.8 Å². The van der Waals surface area contributed by atoms with Crippen molar-refractivity contribution in [1.29, 1.82) is 0 Å². The Morgan fingerprint density at radius 2 is 2.06 bits per heavy atom. The number of nitrogens with one attached hydrogen (secondary N) is 2. The van der Waals surface area contributed by atoms with Gasteiger partial charge in [-0.3, -0.25) is 0 Å². The number of hydrogen-bond acceptors (Lipinski definition) is 2. The second kappa shape index (κ2) is 4.25. The van der Waals surface area contributed by atoms with E-state index in [-0.39, 0.29) is 10.9 Å². The standard InChI is InChI=1S/C10H10BrF3N2/c11-5-7-3-6-1-2-15-16-9(6)4-8(7)10(12,13)14/h3-4,15-16H,1-2,5H2. The maximum Gasteiger partial charge on any atom is 0.416 e. The molecule has 0 unspecified atom stereocenters. The second-order valence-electron chi connectivity index (χ2n) is 3.60. The van der Waals surface area contributed by atoms with Gasteiger partial charge in [0, 0.05) is 11.9 Å². The maximum absolute atomic E-state index is 12.7. The maximum atomic E-state index is 12.7. The highest BCUT2D eigenvalue weighted by Crippen LogP contribution is 2.36. The molecule has 0 aromatic heterocycles. The van der Waals surface area contributed by atoms with Crippen LogP contribution in [0.2, 0.25) is 0 Å². The summed E-state index contributed by atoms with van der Waals surface area (Å²) in [7, 11) is 0. The normalized spacial score (nSPS) is 15.5. The lowest BCUT2D eigenvalue weighted by molar-refractivity contribution is -0.138. The van der Waals surface area contributed by atoms with Crippen molar-refractivity contribution in [2.24, 2.45) is 0 Å². The van der Waals surface area contributed by atoms with E-state index in [4.69, 9.17) is 0 Å². The van der Waals surface area contributed by atoms with Crippen molar-refractivity contribution < 1.29 is 13.2 Å². The summed E-state index contributed by atoms with van der Waals surface area (Å²) in [6.45, 7) is 0.722. The van der Waals surface area contributed by atoms with Gasteiger partial charge in [0.1, 0.15) is 0 Å². The molecule has 2 N–H and O–H groups in total. The molecule has 1 aromatic carbocycles. The van der Waals surface area contributed by atoms with Crippen LogP contribution in [0.5, 0.6) is 0 Å². The number of halogens is 4. The summed E-state index contributed by atoms with van der Waals surface area (Å²) in [4.78, 5) is 0. The molecule has 1 aromatic rings. The van der Waals surface area contributed by atoms with Crippen LogP contribution in [0.25, 0.3) is 0 Å². The van der Waals surface area contributed by atoms with Crippen LogP contribution >= 0.6 is 15.9 Å². The van der Waals surface area contributed by atoms with Gasteiger partial charge in [0.05, 0.1) is 11.3 Å². The van der Waals surface area contributed by atoms with E-state index >= 15 is 0 Å². The van der Waals surface area contributed by atoms with Crippen LogP contribution in [0.15, 0.2) is 12.1 Å². The fourth-order valence-corrected chi connectivity index (χ4v) is 2.21. The molecule has 0 saturated carbocycles. The summed E-state index contributed by atoms with van der Waals surface area (Å²) >= 11 is 3.09. The van der Waals surface area contributed by atoms with Gasteiger partial charge in [0.25, 0.3) is 0 Å². The Labute approximate surface area is 99.3 Å². The molecule has 1 aliphatic heterocycles. The Morgan fingerprint density at radius 3 is 2.69 bits per heavy atom. The molecule has 6 heteroatoms. The Bertz CT molecular complexity index is 404. The van der Waals surface area contributed by atoms with Crippen LogP contribution in [-0.4, -0.2) is 6.54 Å². The number of benzene rings is 1. The SMILES string of the molecule is FC(F)(F)c1cc2c(cc1CBr)CCNN2. The first-order chi connectivity index (χ1) is 7.52. The van der Waals surface area contributed by atoms with Crippen LogP contribution in [-0.2, 0) is 17.9 Å². The molecule has 0 amide bonds. The summed E-state index contributed by atoms with van der Waals surface area (Å²) in [5.74, 6) is 0. The van der Waals surface area contributed by atoms with Crippen molar-refractivity contribution in [2.75, 3.05) is 12.0 Å². The summed E-state index contributed by atoms with van der Waals surface area (Å²) in [6, 6.07) is 2.78. The fourth-order valence-electron chi connectivity index (χ4n) is 1.75. The quantitative estimate of drug-likeness (QED) is 0.778. The zero-order valence-electron chi connectivity index (χ0n) is 8.29. The third-order valence-corrected chi connectivity index (χ3v) is 3.12. The number of hydrazine groups is 1. The monoisotopic (exact) mass is 294 g/mol. The van der Waals surface area contributed by atoms with E-state index in [1.807, 2.05) is 0 Å². The van der Waals surface area contributed by atoms with E-state index in [1.165, 1.54) is 0 Å². The molecule has 0 radical (unpaired) electrons. The van der Waals surface area contributed by atoms with Crippen LogP contribution < -0.4 is 10.9 Å². The van der Waals surface area contributed by atoms with Crippen LogP contribution in [0.3, 0.4) is 0 Å². The Hall–Kier alpha value is -0.750. The first-order valence-electron chi connectivity index (χ1n) is 4.80. The summed E-state index contributed by atoms with van der Waals surface area (Å²) in [5.41, 5.74) is 6.73. The van der Waals surface area contributed by atoms with Gasteiger partial charge in [-0.15, -0.1) is 0 Å². The van der Waals surface area contributed by atoms with Crippen molar-refractivity contribution in [3.8, 4) is 0 Å². The van der Waals surface area contributed by atoms with Gasteiger partial charge < -0.3 is 5.43 Å². The van der Waals surface area contributed by atoms with E-state index in [0.717, 1.165) is 24.6 Å². The first kappa shape index (κ1) is 11.7. The van der Waals surface area contributed by atoms with Gasteiger partial charge in [-0.05, 0) is 23.6 Å². The average Bonchev–Trinajstić information content (AvgIpc) is 2.26. The Morgan fingerprint density at radius 1 is 1.31 bits per heavy atom. The van der Waals surface area contributed by atoms with E-state index in [0.29, 0.717) is 5.69 Å². The molecule has 0 aliphatic carbocycles. The average molecular weight is 295 g/mol. The van der Waals surface area contributed by atoms with Crippen molar-refractivity contribution in [3.63, 3.8) is 0 Å². The predicted octanol–water partition coefficient (Wildman–Crippen LogP) is 3.07. The van der Waals surface area contributed by atoms with Gasteiger partial charge in [-0.1, -0.05) is 22.0 Å². The lowest BCUT2D eigenvalue weighted by Crippen LogP contribution is -2.30. The van der Waals surface area contributed by atoms with E-state index in [1.54, 1.807) is 6.07 Å². The molecule has 0 fully saturated rings. The zero-order chi connectivity index (χ0) is 11.8. The molecule has 16 heavy (non-hydrogen) atoms. The number of fused-ring (bicyclic) bond motifs is 1. The molecular formula is C10H10BrF3N2. The summed E-state index contributed by atoms with van der Waals surface area (Å²) in [6.07, 6.45) is -3.57. The van der Waals surface area contributed by atoms with Gasteiger partial charge >= 0.3 is 6.18 Å². The van der Waals surface area contributed by atoms with E-state index in [9.17, 15) is 13.2 Å². The van der Waals surface area contributed by atoms with Gasteiger partial charge in [-0.2, -0.15) is 13.2 Å². The highest BCUT2D eigenvalue weighted by atomic mass is 79.9. The van der Waals surface area contributed by atoms with Crippen molar-refractivity contribution in [2.45, 2.75) is 17.9 Å². The second-order valence-corrected chi connectivity index (χ2v) is 4.16. The lowest BCUT2D eigenvalue weighted by atomic mass is 10.00. The number of anilines is 1. The third kappa shape index (κ3) is 2.17. The van der Waals surface area contributed by atoms with Gasteiger partial charge in [-0.25, -0.2) is 5.43 Å². The zero-order valence-corrected chi connectivity index (χ0v) is 9.87. The van der Waals surface area contributed by atoms with Crippen LogP contribution in [0.1, 0.15) is 16.7 Å². The Kier molecular flexibility index (Phi) is 3.12. The summed E-state index contributed by atoms with van der Waals surface area (Å²) in [5, 5.41) is 0.211. The highest BCUT2D eigenvalue weighted by Gasteiger charge is 2.34. The molecule has 2 rings (SSSR count). The lowest BCUT2D eigenvalue weighted by Gasteiger charge is -2.22. The van der Waals surface area contributed by atoms with E-state index < -0.39 is 11.7 Å². The van der Waals surface area contributed by atoms with E-state index in [2.05, 4.69) is 26.8 Å². The molecule has 2 nitrogen and oxygen atoms in total. The Balaban J connectivity index is 2.52. The smallest absolute Gasteiger partial charge is 0.321 e. The first-order valence-corrected chi connectivity index (χ1v) is 5.92. The molecule has 88 valence electrons. The van der Waals surface area contributed by atoms with Crippen molar-refractivity contribution >= 4 is 21.6 Å². The molecule has 1 aliphatic rings. The minimum atomic E-state index is -4.31. The summed E-state index contributed by atoms with van der Waals surface area (Å²) < 4.78 is 38.2. The highest BCUT2D eigenvalue weighted by molar-refractivity contribution is 9.08. The largest absolute Gasteiger partial charge is 0.416 e. The molecular weight excluding hydrogens is 285 g/mol. The minimum Gasteiger partial charge on any atom is -0.321 e. The van der Waals surface area contributed by atoms with Gasteiger partial charge in [0.2, 0.25) is 0 Å². The third-order valence-electron chi connectivity index (χ3n) is 2.52.